The van der Waals surface area contributed by atoms with Gasteiger partial charge in [0, 0.05) is 67.4 Å². The van der Waals surface area contributed by atoms with Crippen molar-refractivity contribution in [3.8, 4) is 11.5 Å². The molecule has 0 bridgehead atoms. The van der Waals surface area contributed by atoms with E-state index in [4.69, 9.17) is 9.47 Å². The van der Waals surface area contributed by atoms with Crippen LogP contribution in [-0.4, -0.2) is 29.7 Å². The van der Waals surface area contributed by atoms with Gasteiger partial charge in [0.1, 0.15) is 23.3 Å². The third-order valence-corrected chi connectivity index (χ3v) is 8.09. The molecule has 2 N–H and O–H groups in total. The van der Waals surface area contributed by atoms with E-state index in [-0.39, 0.29) is 11.7 Å². The number of fused-ring (bicyclic) bond motifs is 2. The van der Waals surface area contributed by atoms with E-state index in [9.17, 15) is 4.79 Å². The van der Waals surface area contributed by atoms with Crippen LogP contribution in [0.25, 0.3) is 0 Å². The second kappa shape index (κ2) is 10.7. The first-order valence-corrected chi connectivity index (χ1v) is 14.0. The zero-order valence-electron chi connectivity index (χ0n) is 22.3. The summed E-state index contributed by atoms with van der Waals surface area (Å²) >= 11 is 0. The van der Waals surface area contributed by atoms with Crippen molar-refractivity contribution in [3.63, 3.8) is 0 Å². The molecule has 7 heteroatoms. The molecule has 1 fully saturated rings. The number of benzene rings is 2. The van der Waals surface area contributed by atoms with Gasteiger partial charge in [0.25, 0.3) is 5.56 Å². The topological polar surface area (TPSA) is 79.5 Å². The Morgan fingerprint density at radius 1 is 1.07 bits per heavy atom. The summed E-state index contributed by atoms with van der Waals surface area (Å²) in [5.41, 5.74) is 7.44. The first-order chi connectivity index (χ1) is 19.7. The minimum absolute atomic E-state index is 0.0808. The molecule has 1 aliphatic carbocycles. The summed E-state index contributed by atoms with van der Waals surface area (Å²) < 4.78 is 12.7. The Balaban J connectivity index is 1.06. The highest BCUT2D eigenvalue weighted by Gasteiger charge is 2.29. The second-order valence-corrected chi connectivity index (χ2v) is 10.7. The molecule has 0 amide bonds. The normalized spacial score (nSPS) is 19.6. The molecular weight excluding hydrogens is 500 g/mol. The molecule has 7 nitrogen and oxygen atoms in total. The number of H-pyrrole nitrogens is 1. The quantitative estimate of drug-likeness (QED) is 0.258. The van der Waals surface area contributed by atoms with E-state index in [1.54, 1.807) is 6.20 Å². The fourth-order valence-electron chi connectivity index (χ4n) is 6.00. The van der Waals surface area contributed by atoms with Crippen LogP contribution in [0.15, 0.2) is 90.1 Å². The smallest absolute Gasteiger partial charge is 0.271 e. The Morgan fingerprint density at radius 2 is 2.05 bits per heavy atom. The summed E-state index contributed by atoms with van der Waals surface area (Å²) in [5.74, 6) is 2.23. The van der Waals surface area contributed by atoms with Gasteiger partial charge in [-0.1, -0.05) is 36.4 Å². The van der Waals surface area contributed by atoms with Crippen molar-refractivity contribution in [1.82, 2.24) is 9.97 Å². The van der Waals surface area contributed by atoms with Gasteiger partial charge in [-0.25, -0.2) is 0 Å². The van der Waals surface area contributed by atoms with Crippen LogP contribution in [0.2, 0.25) is 0 Å². The molecule has 0 radical (unpaired) electrons. The molecule has 2 unspecified atom stereocenters. The fraction of sp³-hybridized carbons (Fsp3) is 0.273. The minimum atomic E-state index is -0.185. The summed E-state index contributed by atoms with van der Waals surface area (Å²) in [6, 6.07) is 18.6. The van der Waals surface area contributed by atoms with Gasteiger partial charge < -0.3 is 24.7 Å². The number of aromatic nitrogens is 2. The van der Waals surface area contributed by atoms with Gasteiger partial charge >= 0.3 is 0 Å². The number of anilines is 2. The number of hydrogen-bond donors (Lipinski definition) is 2. The molecule has 202 valence electrons. The standard InChI is InChI=1S/C33H32N4O3/c38-33-29(9-4-12-35-33)37-13-14-39-31(21-37)28-8-3-7-24-16-25-17-27(10-11-30(25)40-32(24)28)36-19-22-15-26(20-34-18-22)23-5-1-2-6-23/h1,3-5,7-12,15,17-18,20,23,31,36H,2,6,13-14,16,19,21H2,(H,35,38). The first-order valence-electron chi connectivity index (χ1n) is 14.0. The highest BCUT2D eigenvalue weighted by atomic mass is 16.5. The molecule has 2 aromatic heterocycles. The molecule has 0 spiro atoms. The van der Waals surface area contributed by atoms with Gasteiger partial charge in [0.15, 0.2) is 0 Å². The van der Waals surface area contributed by atoms with Crippen molar-refractivity contribution in [2.24, 2.45) is 0 Å². The molecule has 4 aromatic rings. The molecule has 2 atom stereocenters. The largest absolute Gasteiger partial charge is 0.456 e. The molecule has 1 saturated heterocycles. The van der Waals surface area contributed by atoms with Crippen molar-refractivity contribution < 1.29 is 9.47 Å². The summed E-state index contributed by atoms with van der Waals surface area (Å²) in [6.45, 7) is 2.53. The Kier molecular flexibility index (Phi) is 6.57. The maximum Gasteiger partial charge on any atom is 0.271 e. The number of hydrogen-bond acceptors (Lipinski definition) is 6. The van der Waals surface area contributed by atoms with Gasteiger partial charge in [-0.15, -0.1) is 0 Å². The molecule has 0 saturated carbocycles. The molecule has 2 aliphatic heterocycles. The highest BCUT2D eigenvalue weighted by Crippen LogP contribution is 2.43. The minimum Gasteiger partial charge on any atom is -0.456 e. The lowest BCUT2D eigenvalue weighted by molar-refractivity contribution is 0.0383. The van der Waals surface area contributed by atoms with Crippen molar-refractivity contribution in [1.29, 1.82) is 0 Å². The summed E-state index contributed by atoms with van der Waals surface area (Å²) in [5, 5.41) is 3.57. The average Bonchev–Trinajstić information content (AvgIpc) is 3.55. The third-order valence-electron chi connectivity index (χ3n) is 8.09. The van der Waals surface area contributed by atoms with Crippen LogP contribution in [0.1, 0.15) is 52.7 Å². The zero-order chi connectivity index (χ0) is 26.9. The van der Waals surface area contributed by atoms with E-state index in [1.165, 1.54) is 17.5 Å². The van der Waals surface area contributed by atoms with Gasteiger partial charge in [-0.05, 0) is 59.9 Å². The number of para-hydroxylation sites is 1. The molecule has 40 heavy (non-hydrogen) atoms. The van der Waals surface area contributed by atoms with Crippen LogP contribution in [-0.2, 0) is 17.7 Å². The number of aromatic amines is 1. The van der Waals surface area contributed by atoms with E-state index >= 15 is 0 Å². The van der Waals surface area contributed by atoms with Crippen molar-refractivity contribution >= 4 is 11.4 Å². The molecule has 7 rings (SSSR count). The molecule has 2 aromatic carbocycles. The maximum absolute atomic E-state index is 12.4. The van der Waals surface area contributed by atoms with Gasteiger partial charge in [0.2, 0.25) is 0 Å². The number of rotatable bonds is 6. The number of ether oxygens (including phenoxy) is 2. The van der Waals surface area contributed by atoms with E-state index in [0.717, 1.165) is 53.3 Å². The van der Waals surface area contributed by atoms with Crippen LogP contribution >= 0.6 is 0 Å². The maximum atomic E-state index is 12.4. The predicted molar refractivity (Wildman–Crippen MR) is 156 cm³/mol. The number of nitrogens with one attached hydrogen (secondary N) is 2. The number of allylic oxidation sites excluding steroid dienone is 2. The van der Waals surface area contributed by atoms with Crippen LogP contribution in [0.5, 0.6) is 11.5 Å². The SMILES string of the molecule is O=c1[nH]cccc1N1CCOC(c2cccc3c2Oc2ccc(NCc4cncc(C5C=CCC5)c4)cc2C3)C1. The molecule has 3 aliphatic rings. The fourth-order valence-corrected chi connectivity index (χ4v) is 6.00. The van der Waals surface area contributed by atoms with Gasteiger partial charge in [-0.3, -0.25) is 9.78 Å². The Labute approximate surface area is 233 Å². The lowest BCUT2D eigenvalue weighted by Gasteiger charge is -2.35. The number of pyridine rings is 2. The third kappa shape index (κ3) is 4.89. The predicted octanol–water partition coefficient (Wildman–Crippen LogP) is 6.09. The lowest BCUT2D eigenvalue weighted by Crippen LogP contribution is -2.41. The van der Waals surface area contributed by atoms with Crippen LogP contribution < -0.4 is 20.5 Å². The summed E-state index contributed by atoms with van der Waals surface area (Å²) in [4.78, 5) is 21.7. The van der Waals surface area contributed by atoms with E-state index in [1.807, 2.05) is 30.6 Å². The van der Waals surface area contributed by atoms with E-state index in [2.05, 4.69) is 68.7 Å². The monoisotopic (exact) mass is 532 g/mol. The van der Waals surface area contributed by atoms with Gasteiger partial charge in [0.05, 0.1) is 6.61 Å². The number of nitrogens with zero attached hydrogens (tertiary/aromatic N) is 2. The van der Waals surface area contributed by atoms with Gasteiger partial charge in [-0.2, -0.15) is 0 Å². The Hall–Kier alpha value is -4.36. The lowest BCUT2D eigenvalue weighted by atomic mass is 9.95. The van der Waals surface area contributed by atoms with Crippen LogP contribution in [0.4, 0.5) is 11.4 Å². The first kappa shape index (κ1) is 24.7. The van der Waals surface area contributed by atoms with Crippen molar-refractivity contribution in [2.75, 3.05) is 29.9 Å². The van der Waals surface area contributed by atoms with Crippen molar-refractivity contribution in [2.45, 2.75) is 37.8 Å². The average molecular weight is 533 g/mol. The highest BCUT2D eigenvalue weighted by molar-refractivity contribution is 5.59. The second-order valence-electron chi connectivity index (χ2n) is 10.7. The van der Waals surface area contributed by atoms with Crippen molar-refractivity contribution in [3.05, 3.63) is 124 Å². The van der Waals surface area contributed by atoms with Crippen LogP contribution in [0.3, 0.4) is 0 Å². The summed E-state index contributed by atoms with van der Waals surface area (Å²) in [7, 11) is 0. The number of morpholine rings is 1. The zero-order valence-corrected chi connectivity index (χ0v) is 22.3. The molecular formula is C33H32N4O3. The Bertz CT molecular complexity index is 1630. The molecule has 4 heterocycles. The summed E-state index contributed by atoms with van der Waals surface area (Å²) in [6.07, 6.45) is 13.1. The van der Waals surface area contributed by atoms with E-state index in [0.29, 0.717) is 31.3 Å². The Morgan fingerprint density at radius 3 is 2.95 bits per heavy atom. The van der Waals surface area contributed by atoms with Crippen LogP contribution in [0, 0.1) is 0 Å². The van der Waals surface area contributed by atoms with E-state index < -0.39 is 0 Å².